The van der Waals surface area contributed by atoms with Crippen molar-refractivity contribution >= 4 is 5.97 Å². The van der Waals surface area contributed by atoms with Crippen LogP contribution in [-0.2, 0) is 179 Å². The van der Waals surface area contributed by atoms with Crippen molar-refractivity contribution in [3.8, 4) is 0 Å². The van der Waals surface area contributed by atoms with Gasteiger partial charge in [-0.1, -0.05) is 364 Å². The summed E-state index contributed by atoms with van der Waals surface area (Å²) in [6, 6.07) is 117. The van der Waals surface area contributed by atoms with Crippen molar-refractivity contribution in [2.24, 2.45) is 0 Å². The van der Waals surface area contributed by atoms with Gasteiger partial charge in [0.25, 0.3) is 0 Å². The first kappa shape index (κ1) is 94.5. The first-order valence-electron chi connectivity index (χ1n) is 45.3. The minimum atomic E-state index is -1.85. The lowest BCUT2D eigenvalue weighted by Crippen LogP contribution is -2.69. The van der Waals surface area contributed by atoms with Gasteiger partial charge >= 0.3 is 5.97 Å². The number of esters is 1. The molecule has 0 saturated carbocycles. The van der Waals surface area contributed by atoms with E-state index in [0.717, 1.165) is 66.8 Å². The molecule has 0 radical (unpaired) electrons. The Balaban J connectivity index is 0.830. The van der Waals surface area contributed by atoms with Crippen molar-refractivity contribution in [1.29, 1.82) is 0 Å². The number of halogens is 1. The number of alkyl halides is 1. The van der Waals surface area contributed by atoms with Crippen molar-refractivity contribution < 1.29 is 104 Å². The highest BCUT2D eigenvalue weighted by Crippen LogP contribution is 2.42. The molecule has 20 atom stereocenters. The third-order valence-corrected chi connectivity index (χ3v) is 23.4. The Labute approximate surface area is 772 Å². The molecule has 4 aliphatic rings. The summed E-state index contributed by atoms with van der Waals surface area (Å²) in [5, 5.41) is 0. The second-order valence-corrected chi connectivity index (χ2v) is 33.1. The minimum Gasteiger partial charge on any atom is -0.463 e. The molecule has 132 heavy (non-hydrogen) atoms. The van der Waals surface area contributed by atoms with Crippen LogP contribution in [0.15, 0.2) is 364 Å². The largest absolute Gasteiger partial charge is 0.463 e. The van der Waals surface area contributed by atoms with Crippen molar-refractivity contribution in [3.63, 3.8) is 0 Å². The molecule has 0 bridgehead atoms. The van der Waals surface area contributed by atoms with Gasteiger partial charge in [0.15, 0.2) is 31.3 Å². The lowest BCUT2D eigenvalue weighted by molar-refractivity contribution is -0.402. The summed E-state index contributed by atoms with van der Waals surface area (Å²) in [4.78, 5) is 13.8. The van der Waals surface area contributed by atoms with Crippen molar-refractivity contribution in [1.82, 2.24) is 0 Å². The Bertz CT molecular complexity index is 5210. The molecular weight excluding hydrogens is 1680 g/mol. The third kappa shape index (κ3) is 27.7. The smallest absolute Gasteiger partial charge is 0.302 e. The molecule has 4 aliphatic heterocycles. The summed E-state index contributed by atoms with van der Waals surface area (Å²) in [5.74, 6) is -0.636. The van der Waals surface area contributed by atoms with Gasteiger partial charge in [0.1, 0.15) is 98.2 Å². The van der Waals surface area contributed by atoms with E-state index in [-0.39, 0.29) is 99.1 Å². The standard InChI is InChI=1S/C110H115FO21/c1-78(112)116-77-94-98(132-108-103(121-69-86-52-28-9-29-53-86)99(117-65-82-44-20-5-21-45-82)95(111)91(126-108)74-113-62-79-38-14-2-15-39-79)102(120-68-85-50-26-8-27-51-85)106(124-72-89-58-34-12-35-59-89)110(129-94)131-97-93(76-115-64-81-42-18-4-19-43-81)128-109(105(123-71-88-56-32-11-33-57-88)101(97)119-67-84-48-24-7-25-49-84)130-96-92(75-114-63-80-40-16-3-17-41-80)127-107(125-73-90-60-36-13-37-61-90)104(122-70-87-54-30-10-31-55-87)100(96)118-66-83-46-22-6-23-47-83/h2-61,91-110H,62-77H2,1H3/t91-,92-,93-,94-,95+,96+,97+,98+,99+,100+,101+,102+,103-,104-,105-,106-,107-,108+,109+,110+/m1/s1. The fraction of sp³-hybridized carbons (Fsp3) is 0.336. The van der Waals surface area contributed by atoms with E-state index in [1.807, 2.05) is 364 Å². The molecule has 4 saturated heterocycles. The summed E-state index contributed by atoms with van der Waals surface area (Å²) in [7, 11) is 0. The van der Waals surface area contributed by atoms with Gasteiger partial charge in [-0.05, 0) is 66.8 Å². The second-order valence-electron chi connectivity index (χ2n) is 33.1. The predicted molar refractivity (Wildman–Crippen MR) is 490 cm³/mol. The van der Waals surface area contributed by atoms with Crippen LogP contribution in [-0.4, -0.2) is 155 Å². The minimum absolute atomic E-state index is 0.000966. The van der Waals surface area contributed by atoms with Crippen LogP contribution in [0.4, 0.5) is 4.39 Å². The molecule has 0 aliphatic carbocycles. The van der Waals surface area contributed by atoms with E-state index < -0.39 is 135 Å². The van der Waals surface area contributed by atoms with E-state index in [2.05, 4.69) is 0 Å². The number of carbonyl (C=O) groups excluding carboxylic acids is 1. The number of benzene rings is 12. The van der Waals surface area contributed by atoms with Crippen LogP contribution in [0.3, 0.4) is 0 Å². The van der Waals surface area contributed by atoms with Gasteiger partial charge in [-0.2, -0.15) is 0 Å². The highest BCUT2D eigenvalue weighted by Gasteiger charge is 2.59. The molecule has 21 nitrogen and oxygen atoms in total. The summed E-state index contributed by atoms with van der Waals surface area (Å²) >= 11 is 0. The zero-order chi connectivity index (χ0) is 89.9. The Kier molecular flexibility index (Phi) is 36.1. The number of hydrogen-bond donors (Lipinski definition) is 0. The maximum absolute atomic E-state index is 18.3. The van der Waals surface area contributed by atoms with Crippen molar-refractivity contribution in [3.05, 3.63) is 431 Å². The maximum atomic E-state index is 18.3. The molecule has 4 fully saturated rings. The van der Waals surface area contributed by atoms with Crippen molar-refractivity contribution in [2.45, 2.75) is 209 Å². The topological polar surface area (TPSA) is 202 Å². The number of carbonyl (C=O) groups is 1. The molecule has 4 heterocycles. The van der Waals surface area contributed by atoms with Crippen LogP contribution >= 0.6 is 0 Å². The van der Waals surface area contributed by atoms with Gasteiger partial charge in [-0.15, -0.1) is 0 Å². The van der Waals surface area contributed by atoms with E-state index in [1.54, 1.807) is 0 Å². The molecule has 0 aromatic heterocycles. The molecule has 688 valence electrons. The Morgan fingerprint density at radius 2 is 0.394 bits per heavy atom. The summed E-state index contributed by atoms with van der Waals surface area (Å²) < 4.78 is 164. The van der Waals surface area contributed by atoms with Gasteiger partial charge in [0.05, 0.1) is 99.1 Å². The van der Waals surface area contributed by atoms with Crippen LogP contribution < -0.4 is 0 Å². The lowest BCUT2D eigenvalue weighted by atomic mass is 9.94. The molecule has 22 heteroatoms. The van der Waals surface area contributed by atoms with Gasteiger partial charge in [-0.3, -0.25) is 4.79 Å². The Morgan fingerprint density at radius 3 is 0.644 bits per heavy atom. The summed E-state index contributed by atoms with van der Waals surface area (Å²) in [6.07, 6.45) is -25.8. The van der Waals surface area contributed by atoms with E-state index in [4.69, 9.17) is 94.7 Å². The van der Waals surface area contributed by atoms with Crippen LogP contribution in [0.2, 0.25) is 0 Å². The average molecular weight is 1790 g/mol. The average Bonchev–Trinajstić information content (AvgIpc) is 0.660. The Morgan fingerprint density at radius 1 is 0.212 bits per heavy atom. The van der Waals surface area contributed by atoms with E-state index in [1.165, 1.54) is 6.92 Å². The van der Waals surface area contributed by atoms with Crippen LogP contribution in [0.5, 0.6) is 0 Å². The summed E-state index contributed by atoms with van der Waals surface area (Å²) in [5.41, 5.74) is 10.1. The highest BCUT2D eigenvalue weighted by molar-refractivity contribution is 5.65. The van der Waals surface area contributed by atoms with E-state index in [0.29, 0.717) is 0 Å². The van der Waals surface area contributed by atoms with Crippen LogP contribution in [0.25, 0.3) is 0 Å². The predicted octanol–water partition coefficient (Wildman–Crippen LogP) is 18.5. The van der Waals surface area contributed by atoms with Crippen LogP contribution in [0, 0.1) is 0 Å². The molecule has 0 spiro atoms. The van der Waals surface area contributed by atoms with E-state index >= 15 is 4.39 Å². The SMILES string of the molecule is CC(=O)OC[C@H]1O[C@@H](O[C@@H]2[C@H](OCc3ccccc3)[C@@H](OCc3ccccc3)[C@H](O[C@@H]3[C@H](OCc4ccccc4)[C@@H](OCc4ccccc4)[C@H](OCc4ccccc4)O[C@@H]3COCc3ccccc3)O[C@@H]2COCc2ccccc2)[C@H](OCc2ccccc2)[C@@H](OCc2ccccc2)[C@H]1O[C@@H]1O[C@H](COCc2ccccc2)[C@H](F)[C@H](OCc2ccccc2)[C@H]1OCc1ccccc1. The van der Waals surface area contributed by atoms with Gasteiger partial charge in [0.2, 0.25) is 0 Å². The monoisotopic (exact) mass is 1790 g/mol. The van der Waals surface area contributed by atoms with Crippen molar-refractivity contribution in [2.75, 3.05) is 26.4 Å². The fourth-order valence-corrected chi connectivity index (χ4v) is 16.6. The molecular formula is C110H115FO21. The molecule has 12 aromatic rings. The second kappa shape index (κ2) is 50.4. The molecule has 16 rings (SSSR count). The zero-order valence-corrected chi connectivity index (χ0v) is 74.0. The number of hydrogen-bond acceptors (Lipinski definition) is 21. The van der Waals surface area contributed by atoms with E-state index in [9.17, 15) is 4.79 Å². The first-order chi connectivity index (χ1) is 65.2. The Hall–Kier alpha value is -10.7. The van der Waals surface area contributed by atoms with Gasteiger partial charge in [0, 0.05) is 6.92 Å². The maximum Gasteiger partial charge on any atom is 0.302 e. The molecule has 0 N–H and O–H groups in total. The number of rotatable bonds is 47. The molecule has 0 unspecified atom stereocenters. The zero-order valence-electron chi connectivity index (χ0n) is 74.0. The quantitative estimate of drug-likeness (QED) is 0.0326. The summed E-state index contributed by atoms with van der Waals surface area (Å²) in [6.45, 7) is 1.16. The number of ether oxygens (including phenoxy) is 20. The van der Waals surface area contributed by atoms with Gasteiger partial charge < -0.3 is 94.7 Å². The van der Waals surface area contributed by atoms with Gasteiger partial charge in [-0.25, -0.2) is 4.39 Å². The molecule has 0 amide bonds. The fourth-order valence-electron chi connectivity index (χ4n) is 16.6. The normalized spacial score (nSPS) is 25.4. The first-order valence-corrected chi connectivity index (χ1v) is 45.3. The third-order valence-electron chi connectivity index (χ3n) is 23.4. The highest BCUT2D eigenvalue weighted by atomic mass is 19.1. The lowest BCUT2D eigenvalue weighted by Gasteiger charge is -2.52. The molecule has 12 aromatic carbocycles. The van der Waals surface area contributed by atoms with Crippen LogP contribution in [0.1, 0.15) is 73.7 Å².